The predicted molar refractivity (Wildman–Crippen MR) is 90.4 cm³/mol. The van der Waals surface area contributed by atoms with Gasteiger partial charge >= 0.3 is 6.09 Å². The average molecular weight is 323 g/mol. The normalized spacial score (nSPS) is 21.2. The fourth-order valence-corrected chi connectivity index (χ4v) is 2.16. The van der Waals surface area contributed by atoms with Gasteiger partial charge in [0.1, 0.15) is 11.7 Å². The Labute approximate surface area is 139 Å². The number of rotatable bonds is 1. The Morgan fingerprint density at radius 2 is 1.87 bits per heavy atom. The van der Waals surface area contributed by atoms with Crippen molar-refractivity contribution in [1.29, 1.82) is 0 Å². The minimum Gasteiger partial charge on any atom is -0.444 e. The van der Waals surface area contributed by atoms with Gasteiger partial charge in [0.15, 0.2) is 0 Å². The van der Waals surface area contributed by atoms with E-state index in [-0.39, 0.29) is 12.2 Å². The maximum atomic E-state index is 11.7. The fourth-order valence-electron chi connectivity index (χ4n) is 2.16. The maximum Gasteiger partial charge on any atom is 0.410 e. The summed E-state index contributed by atoms with van der Waals surface area (Å²) in [6.45, 7) is 8.47. The molecule has 1 heterocycles. The number of likely N-dealkylation sites (tertiary alicyclic amines) is 1. The molecule has 5 heteroatoms. The Hall–Kier alpha value is -1.59. The second-order valence-corrected chi connectivity index (χ2v) is 6.71. The van der Waals surface area contributed by atoms with Crippen LogP contribution >= 0.6 is 0 Å². The maximum absolute atomic E-state index is 11.7. The lowest BCUT2D eigenvalue weighted by molar-refractivity contribution is -0.0646. The minimum absolute atomic E-state index is 0.318. The second kappa shape index (κ2) is 8.89. The van der Waals surface area contributed by atoms with Gasteiger partial charge in [-0.05, 0) is 34.1 Å². The van der Waals surface area contributed by atoms with E-state index in [2.05, 4.69) is 19.1 Å². The molecule has 1 fully saturated rings. The summed E-state index contributed by atoms with van der Waals surface area (Å²) >= 11 is 0. The van der Waals surface area contributed by atoms with Gasteiger partial charge in [-0.3, -0.25) is 0 Å². The van der Waals surface area contributed by atoms with Crippen molar-refractivity contribution in [3.05, 3.63) is 35.9 Å². The van der Waals surface area contributed by atoms with Crippen LogP contribution in [0.15, 0.2) is 30.3 Å². The molecule has 0 aromatic heterocycles. The summed E-state index contributed by atoms with van der Waals surface area (Å²) in [6, 6.07) is 10.3. The molecule has 2 atom stereocenters. The zero-order valence-electron chi connectivity index (χ0n) is 14.8. The molecule has 2 unspecified atom stereocenters. The van der Waals surface area contributed by atoms with Gasteiger partial charge in [-0.2, -0.15) is 0 Å². The van der Waals surface area contributed by atoms with E-state index in [1.165, 1.54) is 12.7 Å². The summed E-state index contributed by atoms with van der Waals surface area (Å²) in [5.74, 6) is 0. The van der Waals surface area contributed by atoms with E-state index in [0.717, 1.165) is 0 Å². The van der Waals surface area contributed by atoms with Crippen molar-refractivity contribution in [2.75, 3.05) is 20.2 Å². The van der Waals surface area contributed by atoms with Gasteiger partial charge in [-0.15, -0.1) is 0 Å². The zero-order valence-corrected chi connectivity index (χ0v) is 14.8. The molecule has 0 bridgehead atoms. The van der Waals surface area contributed by atoms with Crippen molar-refractivity contribution in [3.63, 3.8) is 0 Å². The summed E-state index contributed by atoms with van der Waals surface area (Å²) in [4.78, 5) is 13.3. The lowest BCUT2D eigenvalue weighted by Crippen LogP contribution is -2.50. The van der Waals surface area contributed by atoms with Gasteiger partial charge in [0.05, 0.1) is 12.6 Å². The highest BCUT2D eigenvalue weighted by Gasteiger charge is 2.32. The molecular formula is C18H29NO4. The molecule has 5 nitrogen and oxygen atoms in total. The van der Waals surface area contributed by atoms with Gasteiger partial charge in [0.2, 0.25) is 0 Å². The van der Waals surface area contributed by atoms with Gasteiger partial charge in [-0.1, -0.05) is 35.9 Å². The van der Waals surface area contributed by atoms with E-state index >= 15 is 0 Å². The van der Waals surface area contributed by atoms with Crippen molar-refractivity contribution in [1.82, 2.24) is 4.90 Å². The van der Waals surface area contributed by atoms with Crippen LogP contribution in [0.1, 0.15) is 32.8 Å². The molecule has 1 aliphatic heterocycles. The molecule has 1 N–H and O–H groups in total. The molecule has 1 aliphatic rings. The fraction of sp³-hybridized carbons (Fsp3) is 0.611. The third-order valence-corrected chi connectivity index (χ3v) is 3.42. The van der Waals surface area contributed by atoms with E-state index in [1.54, 1.807) is 4.90 Å². The summed E-state index contributed by atoms with van der Waals surface area (Å²) in [5, 5.41) is 9.60. The molecule has 0 spiro atoms. The molecule has 23 heavy (non-hydrogen) atoms. The van der Waals surface area contributed by atoms with Crippen LogP contribution in [0.5, 0.6) is 0 Å². The second-order valence-electron chi connectivity index (χ2n) is 6.71. The Balaban J connectivity index is 0.000000313. The van der Waals surface area contributed by atoms with Crippen LogP contribution in [-0.4, -0.2) is 54.1 Å². The highest BCUT2D eigenvalue weighted by molar-refractivity contribution is 5.68. The van der Waals surface area contributed by atoms with Crippen molar-refractivity contribution < 1.29 is 19.4 Å². The Kier molecular flexibility index (Phi) is 7.52. The molecule has 0 aliphatic carbocycles. The van der Waals surface area contributed by atoms with Crippen LogP contribution in [0.25, 0.3) is 0 Å². The number of carbonyl (C=O) groups is 1. The Morgan fingerprint density at radius 1 is 1.26 bits per heavy atom. The third kappa shape index (κ3) is 7.48. The number of carbonyl (C=O) groups excluding carboxylic acids is 1. The number of nitrogens with zero attached hydrogens (tertiary/aromatic N) is 1. The number of ether oxygens (including phenoxy) is 2. The predicted octanol–water partition coefficient (Wildman–Crippen LogP) is 3.00. The lowest BCUT2D eigenvalue weighted by atomic mass is 10.1. The van der Waals surface area contributed by atoms with Gasteiger partial charge in [0, 0.05) is 13.7 Å². The largest absolute Gasteiger partial charge is 0.444 e. The summed E-state index contributed by atoms with van der Waals surface area (Å²) < 4.78 is 10.4. The SMILES string of the molecule is COC1CN(C(=O)OC(C)(C)C)CCC1O.Cc1ccccc1. The van der Waals surface area contributed by atoms with Crippen LogP contribution < -0.4 is 0 Å². The number of methoxy groups -OCH3 is 1. The first-order chi connectivity index (χ1) is 10.7. The highest BCUT2D eigenvalue weighted by atomic mass is 16.6. The van der Waals surface area contributed by atoms with E-state index in [4.69, 9.17) is 9.47 Å². The third-order valence-electron chi connectivity index (χ3n) is 3.42. The number of hydrogen-bond acceptors (Lipinski definition) is 4. The van der Waals surface area contributed by atoms with Gasteiger partial charge in [0.25, 0.3) is 0 Å². The quantitative estimate of drug-likeness (QED) is 0.863. The highest BCUT2D eigenvalue weighted by Crippen LogP contribution is 2.17. The number of amides is 1. The molecule has 1 aromatic rings. The smallest absolute Gasteiger partial charge is 0.410 e. The molecule has 130 valence electrons. The van der Waals surface area contributed by atoms with Crippen molar-refractivity contribution >= 4 is 6.09 Å². The van der Waals surface area contributed by atoms with Crippen molar-refractivity contribution in [3.8, 4) is 0 Å². The van der Waals surface area contributed by atoms with Crippen LogP contribution in [0.3, 0.4) is 0 Å². The topological polar surface area (TPSA) is 59.0 Å². The summed E-state index contributed by atoms with van der Waals surface area (Å²) in [5.41, 5.74) is 0.831. The summed E-state index contributed by atoms with van der Waals surface area (Å²) in [6.07, 6.45) is -0.635. The number of aliphatic hydroxyl groups excluding tert-OH is 1. The standard InChI is InChI=1S/C11H21NO4.C7H8/c1-11(2,3)16-10(14)12-6-5-8(13)9(7-12)15-4;1-7-5-3-2-4-6-7/h8-9,13H,5-7H2,1-4H3;2-6H,1H3. The average Bonchev–Trinajstić information content (AvgIpc) is 2.47. The van der Waals surface area contributed by atoms with Crippen LogP contribution in [-0.2, 0) is 9.47 Å². The van der Waals surface area contributed by atoms with Gasteiger partial charge in [-0.25, -0.2) is 4.79 Å². The van der Waals surface area contributed by atoms with E-state index in [0.29, 0.717) is 19.5 Å². The summed E-state index contributed by atoms with van der Waals surface area (Å²) in [7, 11) is 1.53. The molecule has 1 aromatic carbocycles. The first-order valence-corrected chi connectivity index (χ1v) is 7.93. The Morgan fingerprint density at radius 3 is 2.30 bits per heavy atom. The number of hydrogen-bond donors (Lipinski definition) is 1. The molecule has 1 saturated heterocycles. The van der Waals surface area contributed by atoms with Crippen molar-refractivity contribution in [2.24, 2.45) is 0 Å². The molecule has 0 saturated carbocycles. The molecule has 1 amide bonds. The monoisotopic (exact) mass is 323 g/mol. The van der Waals surface area contributed by atoms with Gasteiger partial charge < -0.3 is 19.5 Å². The molecular weight excluding hydrogens is 294 g/mol. The van der Waals surface area contributed by atoms with E-state index in [1.807, 2.05) is 39.0 Å². The van der Waals surface area contributed by atoms with E-state index in [9.17, 15) is 9.90 Å². The van der Waals surface area contributed by atoms with Crippen LogP contribution in [0, 0.1) is 6.92 Å². The lowest BCUT2D eigenvalue weighted by Gasteiger charge is -2.36. The number of aryl methyl sites for hydroxylation is 1. The van der Waals surface area contributed by atoms with Crippen LogP contribution in [0.2, 0.25) is 0 Å². The van der Waals surface area contributed by atoms with Crippen molar-refractivity contribution in [2.45, 2.75) is 51.9 Å². The first kappa shape index (κ1) is 19.5. The first-order valence-electron chi connectivity index (χ1n) is 7.93. The number of aliphatic hydroxyl groups is 1. The molecule has 2 rings (SSSR count). The zero-order chi connectivity index (χ0) is 17.5. The Bertz CT molecular complexity index is 470. The number of piperidine rings is 1. The number of benzene rings is 1. The van der Waals surface area contributed by atoms with E-state index < -0.39 is 11.7 Å². The minimum atomic E-state index is -0.497. The molecule has 0 radical (unpaired) electrons. The van der Waals surface area contributed by atoms with Crippen LogP contribution in [0.4, 0.5) is 4.79 Å².